The summed E-state index contributed by atoms with van der Waals surface area (Å²) in [5.41, 5.74) is 12.7. The molecule has 18 heavy (non-hydrogen) atoms. The molecule has 1 heterocycles. The number of aryl methyl sites for hydroxylation is 1. The van der Waals surface area contributed by atoms with Gasteiger partial charge in [-0.05, 0) is 31.4 Å². The molecule has 1 fully saturated rings. The van der Waals surface area contributed by atoms with Gasteiger partial charge in [0, 0.05) is 6.04 Å². The Morgan fingerprint density at radius 1 is 1.50 bits per heavy atom. The normalized spacial score (nSPS) is 15.8. The van der Waals surface area contributed by atoms with Gasteiger partial charge in [0.05, 0.1) is 18.4 Å². The number of nitrogens with two attached hydrogens (primary N) is 2. The third-order valence-corrected chi connectivity index (χ3v) is 3.44. The maximum Gasteiger partial charge on any atom is 0.237 e. The first-order valence-corrected chi connectivity index (χ1v) is 6.35. The van der Waals surface area contributed by atoms with Crippen LogP contribution in [0.4, 0.5) is 11.5 Å². The lowest BCUT2D eigenvalue weighted by Gasteiger charge is -2.30. The molecule has 1 aliphatic rings. The first kappa shape index (κ1) is 12.7. The molecule has 1 saturated carbocycles. The molecule has 98 valence electrons. The van der Waals surface area contributed by atoms with E-state index in [4.69, 9.17) is 11.5 Å². The van der Waals surface area contributed by atoms with Crippen LogP contribution in [0.3, 0.4) is 0 Å². The maximum atomic E-state index is 11.2. The van der Waals surface area contributed by atoms with Gasteiger partial charge in [-0.1, -0.05) is 12.8 Å². The largest absolute Gasteiger partial charge is 0.397 e. The monoisotopic (exact) mass is 248 g/mol. The van der Waals surface area contributed by atoms with E-state index in [1.54, 1.807) is 6.20 Å². The highest BCUT2D eigenvalue weighted by Gasteiger charge is 2.25. The zero-order valence-electron chi connectivity index (χ0n) is 10.7. The topological polar surface area (TPSA) is 85.2 Å². The average Bonchev–Trinajstić information content (AvgIpc) is 2.79. The number of hydrogen-bond acceptors (Lipinski definition) is 4. The Morgan fingerprint density at radius 2 is 2.17 bits per heavy atom. The molecule has 2 rings (SSSR count). The van der Waals surface area contributed by atoms with Crippen LogP contribution < -0.4 is 16.4 Å². The van der Waals surface area contributed by atoms with Crippen molar-refractivity contribution in [2.24, 2.45) is 5.73 Å². The summed E-state index contributed by atoms with van der Waals surface area (Å²) in [6.07, 6.45) is 6.23. The summed E-state index contributed by atoms with van der Waals surface area (Å²) in [5, 5.41) is 0. The van der Waals surface area contributed by atoms with E-state index in [0.29, 0.717) is 11.7 Å². The second-order valence-electron chi connectivity index (χ2n) is 4.94. The van der Waals surface area contributed by atoms with Gasteiger partial charge in [0.2, 0.25) is 5.91 Å². The summed E-state index contributed by atoms with van der Waals surface area (Å²) in [6.45, 7) is 2.18. The Bertz CT molecular complexity index is 441. The molecule has 1 aromatic heterocycles. The molecule has 0 spiro atoms. The molecule has 5 nitrogen and oxygen atoms in total. The van der Waals surface area contributed by atoms with Crippen molar-refractivity contribution in [3.05, 3.63) is 17.8 Å². The van der Waals surface area contributed by atoms with Crippen molar-refractivity contribution in [2.75, 3.05) is 17.2 Å². The van der Waals surface area contributed by atoms with Crippen LogP contribution in [0.1, 0.15) is 31.2 Å². The minimum atomic E-state index is -0.320. The fraction of sp³-hybridized carbons (Fsp3) is 0.538. The van der Waals surface area contributed by atoms with Crippen molar-refractivity contribution in [2.45, 2.75) is 38.6 Å². The van der Waals surface area contributed by atoms with Crippen LogP contribution in [-0.2, 0) is 4.79 Å². The molecule has 0 unspecified atom stereocenters. The number of carbonyl (C=O) groups is 1. The van der Waals surface area contributed by atoms with Crippen molar-refractivity contribution < 1.29 is 4.79 Å². The van der Waals surface area contributed by atoms with Crippen LogP contribution in [0.25, 0.3) is 0 Å². The SMILES string of the molecule is Cc1cc(N)cnc1N(CC(N)=O)C1CCCC1. The standard InChI is InChI=1S/C13H20N4O/c1-9-6-10(14)7-16-13(9)17(8-12(15)18)11-4-2-3-5-11/h6-7,11H,2-5,8,14H2,1H3,(H2,15,18). The number of nitrogen functional groups attached to an aromatic ring is 1. The lowest BCUT2D eigenvalue weighted by atomic mass is 10.1. The van der Waals surface area contributed by atoms with E-state index in [-0.39, 0.29) is 12.5 Å². The first-order chi connectivity index (χ1) is 8.58. The third-order valence-electron chi connectivity index (χ3n) is 3.44. The summed E-state index contributed by atoms with van der Waals surface area (Å²) < 4.78 is 0. The fourth-order valence-electron chi connectivity index (χ4n) is 2.65. The Kier molecular flexibility index (Phi) is 3.69. The van der Waals surface area contributed by atoms with Gasteiger partial charge in [-0.15, -0.1) is 0 Å². The highest BCUT2D eigenvalue weighted by atomic mass is 16.1. The van der Waals surface area contributed by atoms with E-state index in [1.807, 2.05) is 17.9 Å². The van der Waals surface area contributed by atoms with Gasteiger partial charge in [-0.3, -0.25) is 4.79 Å². The molecule has 0 aromatic carbocycles. The predicted molar refractivity (Wildman–Crippen MR) is 72.2 cm³/mol. The van der Waals surface area contributed by atoms with Crippen molar-refractivity contribution in [3.8, 4) is 0 Å². The van der Waals surface area contributed by atoms with E-state index in [9.17, 15) is 4.79 Å². The lowest BCUT2D eigenvalue weighted by Crippen LogP contribution is -2.41. The molecule has 5 heteroatoms. The quantitative estimate of drug-likeness (QED) is 0.838. The average molecular weight is 248 g/mol. The van der Waals surface area contributed by atoms with Crippen LogP contribution in [0.5, 0.6) is 0 Å². The summed E-state index contributed by atoms with van der Waals surface area (Å²) in [5.74, 6) is 0.509. The van der Waals surface area contributed by atoms with Crippen molar-refractivity contribution >= 4 is 17.4 Å². The molecule has 4 N–H and O–H groups in total. The van der Waals surface area contributed by atoms with Gasteiger partial charge < -0.3 is 16.4 Å². The summed E-state index contributed by atoms with van der Waals surface area (Å²) in [7, 11) is 0. The van der Waals surface area contributed by atoms with Crippen LogP contribution in [0.2, 0.25) is 0 Å². The van der Waals surface area contributed by atoms with Crippen molar-refractivity contribution in [1.29, 1.82) is 0 Å². The zero-order valence-corrected chi connectivity index (χ0v) is 10.7. The number of anilines is 2. The maximum absolute atomic E-state index is 11.2. The first-order valence-electron chi connectivity index (χ1n) is 6.35. The summed E-state index contributed by atoms with van der Waals surface area (Å²) >= 11 is 0. The number of amides is 1. The molecule has 1 aromatic rings. The molecule has 1 aliphatic carbocycles. The van der Waals surface area contributed by atoms with Crippen LogP contribution in [0, 0.1) is 6.92 Å². The van der Waals surface area contributed by atoms with E-state index < -0.39 is 0 Å². The minimum Gasteiger partial charge on any atom is -0.397 e. The lowest BCUT2D eigenvalue weighted by molar-refractivity contribution is -0.116. The number of hydrogen-bond donors (Lipinski definition) is 2. The van der Waals surface area contributed by atoms with Gasteiger partial charge in [0.15, 0.2) is 0 Å². The predicted octanol–water partition coefficient (Wildman–Crippen LogP) is 1.21. The Hall–Kier alpha value is -1.78. The number of aromatic nitrogens is 1. The fourth-order valence-corrected chi connectivity index (χ4v) is 2.65. The van der Waals surface area contributed by atoms with Crippen LogP contribution >= 0.6 is 0 Å². The second-order valence-corrected chi connectivity index (χ2v) is 4.94. The third kappa shape index (κ3) is 2.72. The van der Waals surface area contributed by atoms with Crippen LogP contribution in [-0.4, -0.2) is 23.5 Å². The van der Waals surface area contributed by atoms with E-state index in [0.717, 1.165) is 24.2 Å². The Labute approximate surface area is 107 Å². The highest BCUT2D eigenvalue weighted by molar-refractivity contribution is 5.79. The molecule has 1 amide bonds. The number of carbonyl (C=O) groups excluding carboxylic acids is 1. The van der Waals surface area contributed by atoms with E-state index in [2.05, 4.69) is 4.98 Å². The second kappa shape index (κ2) is 5.25. The highest BCUT2D eigenvalue weighted by Crippen LogP contribution is 2.29. The number of primary amides is 1. The van der Waals surface area contributed by atoms with Crippen molar-refractivity contribution in [1.82, 2.24) is 4.98 Å². The van der Waals surface area contributed by atoms with Gasteiger partial charge >= 0.3 is 0 Å². The van der Waals surface area contributed by atoms with Gasteiger partial charge in [-0.25, -0.2) is 4.98 Å². The molecule has 0 aliphatic heterocycles. The summed E-state index contributed by atoms with van der Waals surface area (Å²) in [6, 6.07) is 2.25. The summed E-state index contributed by atoms with van der Waals surface area (Å²) in [4.78, 5) is 17.6. The number of nitrogens with zero attached hydrogens (tertiary/aromatic N) is 2. The van der Waals surface area contributed by atoms with Gasteiger partial charge in [0.25, 0.3) is 0 Å². The molecule has 0 saturated heterocycles. The molecule has 0 radical (unpaired) electrons. The van der Waals surface area contributed by atoms with E-state index >= 15 is 0 Å². The minimum absolute atomic E-state index is 0.225. The zero-order chi connectivity index (χ0) is 13.1. The Balaban J connectivity index is 2.29. The number of pyridine rings is 1. The molecular formula is C13H20N4O. The van der Waals surface area contributed by atoms with E-state index in [1.165, 1.54) is 12.8 Å². The van der Waals surface area contributed by atoms with Gasteiger partial charge in [0.1, 0.15) is 5.82 Å². The smallest absolute Gasteiger partial charge is 0.237 e. The molecule has 0 bridgehead atoms. The molecule has 0 atom stereocenters. The molecular weight excluding hydrogens is 228 g/mol. The van der Waals surface area contributed by atoms with Crippen LogP contribution in [0.15, 0.2) is 12.3 Å². The number of rotatable bonds is 4. The Morgan fingerprint density at radius 3 is 2.72 bits per heavy atom. The van der Waals surface area contributed by atoms with Gasteiger partial charge in [-0.2, -0.15) is 0 Å². The van der Waals surface area contributed by atoms with Crippen molar-refractivity contribution in [3.63, 3.8) is 0 Å².